The maximum atomic E-state index is 9.98. The van der Waals surface area contributed by atoms with Gasteiger partial charge in [-0.3, -0.25) is 0 Å². The molecule has 0 radical (unpaired) electrons. The zero-order chi connectivity index (χ0) is 7.28. The van der Waals surface area contributed by atoms with Crippen molar-refractivity contribution in [2.24, 2.45) is 5.73 Å². The first kappa shape index (κ1) is 9.23. The van der Waals surface area contributed by atoms with Gasteiger partial charge < -0.3 is 10.5 Å². The lowest BCUT2D eigenvalue weighted by Gasteiger charge is -2.03. The van der Waals surface area contributed by atoms with Gasteiger partial charge >= 0.3 is 6.09 Å². The molecule has 0 heterocycles. The van der Waals surface area contributed by atoms with Crippen molar-refractivity contribution in [3.8, 4) is 0 Å². The Balaban J connectivity index is 3.16. The second-order valence-corrected chi connectivity index (χ2v) is 3.32. The topological polar surface area (TPSA) is 52.3 Å². The first-order chi connectivity index (χ1) is 4.16. The van der Waals surface area contributed by atoms with Gasteiger partial charge in [0.15, 0.2) is 0 Å². The highest BCUT2D eigenvalue weighted by atomic mass is 79.9. The Morgan fingerprint density at radius 2 is 2.33 bits per heavy atom. The molecule has 0 aromatic heterocycles. The standard InChI is InChI=1S/C4H7Br2NO2/c5-1-3(6)2-9-4(7)8/h3H,1-2H2,(H2,7,8)/t3-/m0/s1. The van der Waals surface area contributed by atoms with Crippen molar-refractivity contribution in [1.82, 2.24) is 0 Å². The van der Waals surface area contributed by atoms with Gasteiger partial charge in [-0.2, -0.15) is 0 Å². The average molecular weight is 261 g/mol. The summed E-state index contributed by atoms with van der Waals surface area (Å²) in [6.45, 7) is 0.306. The quantitative estimate of drug-likeness (QED) is 0.777. The van der Waals surface area contributed by atoms with Crippen LogP contribution in [0.2, 0.25) is 0 Å². The van der Waals surface area contributed by atoms with Gasteiger partial charge in [0, 0.05) is 5.33 Å². The van der Waals surface area contributed by atoms with Crippen LogP contribution < -0.4 is 5.73 Å². The largest absolute Gasteiger partial charge is 0.448 e. The zero-order valence-electron chi connectivity index (χ0n) is 4.64. The molecule has 0 aliphatic carbocycles. The van der Waals surface area contributed by atoms with Gasteiger partial charge in [-0.15, -0.1) is 0 Å². The third kappa shape index (κ3) is 6.11. The Morgan fingerprint density at radius 1 is 1.78 bits per heavy atom. The molecule has 0 aliphatic heterocycles. The molecule has 1 atom stereocenters. The lowest BCUT2D eigenvalue weighted by Crippen LogP contribution is -2.19. The smallest absolute Gasteiger partial charge is 0.404 e. The normalized spacial score (nSPS) is 12.7. The van der Waals surface area contributed by atoms with Crippen molar-refractivity contribution in [2.75, 3.05) is 11.9 Å². The summed E-state index contributed by atoms with van der Waals surface area (Å²) in [5, 5.41) is 0.736. The molecule has 3 nitrogen and oxygen atoms in total. The van der Waals surface area contributed by atoms with E-state index in [1.54, 1.807) is 0 Å². The number of nitrogens with two attached hydrogens (primary N) is 1. The van der Waals surface area contributed by atoms with Crippen LogP contribution in [-0.2, 0) is 4.74 Å². The van der Waals surface area contributed by atoms with Gasteiger partial charge in [0.05, 0.1) is 4.83 Å². The Bertz CT molecular complexity index is 98.6. The number of alkyl halides is 2. The van der Waals surface area contributed by atoms with Crippen molar-refractivity contribution < 1.29 is 9.53 Å². The molecule has 0 spiro atoms. The predicted molar refractivity (Wildman–Crippen MR) is 42.0 cm³/mol. The summed E-state index contributed by atoms with van der Waals surface area (Å²) in [6, 6.07) is 0. The number of primary amides is 1. The molecule has 5 heteroatoms. The summed E-state index contributed by atoms with van der Waals surface area (Å²) in [6.07, 6.45) is -0.736. The number of rotatable bonds is 3. The summed E-state index contributed by atoms with van der Waals surface area (Å²) in [5.41, 5.74) is 4.70. The van der Waals surface area contributed by atoms with Crippen LogP contribution in [-0.4, -0.2) is 22.9 Å². The molecule has 0 unspecified atom stereocenters. The van der Waals surface area contributed by atoms with Crippen LogP contribution in [0.5, 0.6) is 0 Å². The number of carbonyl (C=O) groups is 1. The molecule has 0 saturated heterocycles. The maximum absolute atomic E-state index is 9.98. The van der Waals surface area contributed by atoms with E-state index in [0.29, 0.717) is 6.61 Å². The van der Waals surface area contributed by atoms with Gasteiger partial charge in [-0.1, -0.05) is 31.9 Å². The van der Waals surface area contributed by atoms with Gasteiger partial charge in [0.1, 0.15) is 6.61 Å². The van der Waals surface area contributed by atoms with Gasteiger partial charge in [0.25, 0.3) is 0 Å². The van der Waals surface area contributed by atoms with Crippen LogP contribution in [0, 0.1) is 0 Å². The van der Waals surface area contributed by atoms with Crippen LogP contribution in [0.25, 0.3) is 0 Å². The van der Waals surface area contributed by atoms with E-state index < -0.39 is 6.09 Å². The van der Waals surface area contributed by atoms with Gasteiger partial charge in [-0.05, 0) is 0 Å². The molecule has 2 N–H and O–H groups in total. The van der Waals surface area contributed by atoms with Crippen LogP contribution >= 0.6 is 31.9 Å². The number of amides is 1. The molecular formula is C4H7Br2NO2. The highest BCUT2D eigenvalue weighted by Gasteiger charge is 2.02. The van der Waals surface area contributed by atoms with E-state index in [1.807, 2.05) is 0 Å². The molecule has 1 amide bonds. The first-order valence-corrected chi connectivity index (χ1v) is 4.32. The van der Waals surface area contributed by atoms with E-state index in [-0.39, 0.29) is 4.83 Å². The molecule has 0 aromatic carbocycles. The number of hydrogen-bond donors (Lipinski definition) is 1. The predicted octanol–water partition coefficient (Wildman–Crippen LogP) is 1.24. The minimum atomic E-state index is -0.736. The van der Waals surface area contributed by atoms with E-state index in [4.69, 9.17) is 5.73 Å². The monoisotopic (exact) mass is 259 g/mol. The lowest BCUT2D eigenvalue weighted by molar-refractivity contribution is 0.159. The van der Waals surface area contributed by atoms with Crippen LogP contribution in [0.4, 0.5) is 4.79 Å². The van der Waals surface area contributed by atoms with Crippen LogP contribution in [0.15, 0.2) is 0 Å². The lowest BCUT2D eigenvalue weighted by atomic mass is 10.5. The Hall–Kier alpha value is 0.230. The number of ether oxygens (including phenoxy) is 1. The minimum absolute atomic E-state index is 0.144. The number of hydrogen-bond acceptors (Lipinski definition) is 2. The molecule has 54 valence electrons. The molecule has 0 bridgehead atoms. The zero-order valence-corrected chi connectivity index (χ0v) is 7.81. The van der Waals surface area contributed by atoms with Crippen molar-refractivity contribution in [2.45, 2.75) is 4.83 Å². The molecule has 0 aromatic rings. The van der Waals surface area contributed by atoms with E-state index in [9.17, 15) is 4.79 Å². The van der Waals surface area contributed by atoms with Crippen LogP contribution in [0.3, 0.4) is 0 Å². The fraction of sp³-hybridized carbons (Fsp3) is 0.750. The average Bonchev–Trinajstić information content (AvgIpc) is 1.83. The van der Waals surface area contributed by atoms with Crippen LogP contribution in [0.1, 0.15) is 0 Å². The summed E-state index contributed by atoms with van der Waals surface area (Å²) >= 11 is 6.41. The SMILES string of the molecule is NC(=O)OC[C@@H](Br)CBr. The number of carbonyl (C=O) groups excluding carboxylic acids is 1. The van der Waals surface area contributed by atoms with Crippen molar-refractivity contribution in [3.05, 3.63) is 0 Å². The Kier molecular flexibility index (Phi) is 5.18. The second kappa shape index (κ2) is 5.05. The second-order valence-electron chi connectivity index (χ2n) is 1.38. The fourth-order valence-corrected chi connectivity index (χ4v) is 0.536. The maximum Gasteiger partial charge on any atom is 0.404 e. The first-order valence-electron chi connectivity index (χ1n) is 2.29. The molecule has 9 heavy (non-hydrogen) atoms. The molecule has 0 fully saturated rings. The van der Waals surface area contributed by atoms with E-state index in [0.717, 1.165) is 5.33 Å². The third-order valence-corrected chi connectivity index (χ3v) is 2.81. The third-order valence-electron chi connectivity index (χ3n) is 0.574. The highest BCUT2D eigenvalue weighted by Crippen LogP contribution is 2.02. The van der Waals surface area contributed by atoms with E-state index in [1.165, 1.54) is 0 Å². The molecule has 0 saturated carbocycles. The Labute approximate surface area is 70.2 Å². The van der Waals surface area contributed by atoms with Crippen molar-refractivity contribution >= 4 is 38.0 Å². The summed E-state index contributed by atoms with van der Waals surface area (Å²) < 4.78 is 4.46. The van der Waals surface area contributed by atoms with E-state index in [2.05, 4.69) is 36.6 Å². The van der Waals surface area contributed by atoms with Crippen molar-refractivity contribution in [3.63, 3.8) is 0 Å². The molecule has 0 aliphatic rings. The van der Waals surface area contributed by atoms with E-state index >= 15 is 0 Å². The van der Waals surface area contributed by atoms with Crippen molar-refractivity contribution in [1.29, 1.82) is 0 Å². The minimum Gasteiger partial charge on any atom is -0.448 e. The summed E-state index contributed by atoms with van der Waals surface area (Å²) in [7, 11) is 0. The van der Waals surface area contributed by atoms with Gasteiger partial charge in [-0.25, -0.2) is 4.79 Å². The summed E-state index contributed by atoms with van der Waals surface area (Å²) in [4.78, 5) is 10.1. The highest BCUT2D eigenvalue weighted by molar-refractivity contribution is 9.12. The number of halogens is 2. The van der Waals surface area contributed by atoms with Gasteiger partial charge in [0.2, 0.25) is 0 Å². The fourth-order valence-electron chi connectivity index (χ4n) is 0.217. The Morgan fingerprint density at radius 3 is 2.67 bits per heavy atom. The molecule has 0 rings (SSSR count). The summed E-state index contributed by atoms with van der Waals surface area (Å²) in [5.74, 6) is 0. The molecular weight excluding hydrogens is 254 g/mol.